The van der Waals surface area contributed by atoms with Crippen molar-refractivity contribution in [1.29, 1.82) is 0 Å². The minimum atomic E-state index is 0.732. The first-order valence-electron chi connectivity index (χ1n) is 25.4. The molecule has 0 aliphatic carbocycles. The second kappa shape index (κ2) is 25.6. The Balaban J connectivity index is 0.000000166. The van der Waals surface area contributed by atoms with Crippen LogP contribution in [-0.4, -0.2) is 30.5 Å². The molecule has 9 heteroatoms. The van der Waals surface area contributed by atoms with Crippen molar-refractivity contribution in [2.45, 2.75) is 26.9 Å². The predicted octanol–water partition coefficient (Wildman–Crippen LogP) is 18.8. The van der Waals surface area contributed by atoms with Gasteiger partial charge in [0.1, 0.15) is 0 Å². The molecule has 0 saturated carbocycles. The van der Waals surface area contributed by atoms with Crippen molar-refractivity contribution in [3.05, 3.63) is 290 Å². The third-order valence-electron chi connectivity index (χ3n) is 13.3. The zero-order valence-corrected chi connectivity index (χ0v) is 46.7. The Kier molecular flexibility index (Phi) is 17.4. The topological polar surface area (TPSA) is 60.4 Å². The molecule has 6 nitrogen and oxygen atoms in total. The molecule has 12 aromatic rings. The molecule has 77 heavy (non-hydrogen) atoms. The van der Waals surface area contributed by atoms with E-state index in [4.69, 9.17) is 20.0 Å². The number of imidazole rings is 2. The van der Waals surface area contributed by atoms with Crippen LogP contribution in [0.4, 0.5) is 11.4 Å². The number of rotatable bonds is 12. The fourth-order valence-corrected chi connectivity index (χ4v) is 9.72. The van der Waals surface area contributed by atoms with Gasteiger partial charge in [0, 0.05) is 35.3 Å². The molecule has 0 bridgehead atoms. The summed E-state index contributed by atoms with van der Waals surface area (Å²) in [5.41, 5.74) is 19.3. The summed E-state index contributed by atoms with van der Waals surface area (Å²) in [6, 6.07) is 92.4. The predicted molar refractivity (Wildman–Crippen MR) is 327 cm³/mol. The fourth-order valence-electron chi connectivity index (χ4n) is 9.72. The summed E-state index contributed by atoms with van der Waals surface area (Å²) in [6.07, 6.45) is 0. The van der Waals surface area contributed by atoms with Crippen molar-refractivity contribution >= 4 is 73.3 Å². The van der Waals surface area contributed by atoms with E-state index in [1.165, 1.54) is 22.0 Å². The molecule has 0 aliphatic rings. The van der Waals surface area contributed by atoms with E-state index in [1.807, 2.05) is 36.4 Å². The molecule has 380 valence electrons. The number of nitrogens with zero attached hydrogens (tertiary/aromatic N) is 6. The van der Waals surface area contributed by atoms with Gasteiger partial charge < -0.3 is 9.13 Å². The molecular formula is C68H54Br2N6Ni. The van der Waals surface area contributed by atoms with Crippen LogP contribution in [0.15, 0.2) is 277 Å². The van der Waals surface area contributed by atoms with Gasteiger partial charge in [-0.15, -0.1) is 0 Å². The number of para-hydroxylation sites is 6. The summed E-state index contributed by atoms with van der Waals surface area (Å²) >= 11 is 6.00. The molecule has 2 heterocycles. The second-order valence-electron chi connectivity index (χ2n) is 18.3. The summed E-state index contributed by atoms with van der Waals surface area (Å²) in [7, 11) is 1.25. The fraction of sp³-hybridized carbons (Fsp3) is 0.0588. The Morgan fingerprint density at radius 2 is 0.610 bits per heavy atom. The van der Waals surface area contributed by atoms with Crippen molar-refractivity contribution in [3.63, 3.8) is 0 Å². The number of aromatic nitrogens is 4. The minimum absolute atomic E-state index is 0.732. The summed E-state index contributed by atoms with van der Waals surface area (Å²) in [4.78, 5) is 20.7. The van der Waals surface area contributed by atoms with Crippen LogP contribution in [0.25, 0.3) is 66.6 Å². The van der Waals surface area contributed by atoms with Crippen molar-refractivity contribution in [2.24, 2.45) is 9.98 Å². The Morgan fingerprint density at radius 3 is 0.909 bits per heavy atom. The molecule has 0 fully saturated rings. The van der Waals surface area contributed by atoms with Crippen LogP contribution >= 0.6 is 28.5 Å². The van der Waals surface area contributed by atoms with E-state index in [-0.39, 0.29) is 0 Å². The zero-order chi connectivity index (χ0) is 52.8. The molecule has 0 spiro atoms. The second-order valence-corrected chi connectivity index (χ2v) is 23.3. The third-order valence-corrected chi connectivity index (χ3v) is 13.3. The van der Waals surface area contributed by atoms with Gasteiger partial charge >= 0.3 is 39.3 Å². The number of fused-ring (bicyclic) bond motifs is 2. The average Bonchev–Trinajstić information content (AvgIpc) is 4.05. The van der Waals surface area contributed by atoms with Gasteiger partial charge in [-0.2, -0.15) is 0 Å². The van der Waals surface area contributed by atoms with E-state index in [0.29, 0.717) is 0 Å². The van der Waals surface area contributed by atoms with Gasteiger partial charge in [0.05, 0.1) is 44.9 Å². The molecule has 0 unspecified atom stereocenters. The Labute approximate surface area is 471 Å². The van der Waals surface area contributed by atoms with E-state index >= 15 is 0 Å². The molecule has 10 aromatic carbocycles. The van der Waals surface area contributed by atoms with Gasteiger partial charge in [-0.05, 0) is 71.5 Å². The van der Waals surface area contributed by atoms with Crippen molar-refractivity contribution in [1.82, 2.24) is 19.1 Å². The van der Waals surface area contributed by atoms with Gasteiger partial charge in [-0.3, -0.25) is 0 Å². The number of benzene rings is 10. The Morgan fingerprint density at radius 1 is 0.351 bits per heavy atom. The number of halogens is 2. The van der Waals surface area contributed by atoms with Crippen LogP contribution in [0.2, 0.25) is 0 Å². The summed E-state index contributed by atoms with van der Waals surface area (Å²) < 4.78 is 4.55. The molecule has 0 aliphatic heterocycles. The summed E-state index contributed by atoms with van der Waals surface area (Å²) in [5, 5.41) is 0. The SMILES string of the molecule is CC(=Nc1c(-c2ccccc2)cccc1-c1ccccc1)c1nc2ccccc2n1Cc1ccccc1.CC(=Nc1c(-c2ccccc2)cccc1-c1ccccc1)c1nc2ccccc2n1Cc1ccccc1.[Br][Ni][Br]. The molecule has 2 aromatic heterocycles. The quantitative estimate of drug-likeness (QED) is 0.0904. The number of aliphatic imine (C=N–C) groups is 2. The van der Waals surface area contributed by atoms with Gasteiger partial charge in [0.2, 0.25) is 0 Å². The van der Waals surface area contributed by atoms with Gasteiger partial charge in [-0.1, -0.05) is 243 Å². The van der Waals surface area contributed by atoms with Crippen LogP contribution in [0.3, 0.4) is 0 Å². The standard InChI is InChI=1S/2C34H27N3.2BrH.Ni/c2*1-25(34-36-31-22-11-12-23-32(31)37(34)24-26-14-5-2-6-15-26)35-33-29(27-16-7-3-8-17-27)20-13-21-30(33)28-18-9-4-10-19-28;;;/h2*2-23H,24H2,1H3;2*1H;/q;;;;+2/p-2. The van der Waals surface area contributed by atoms with E-state index in [1.54, 1.807) is 0 Å². The van der Waals surface area contributed by atoms with Crippen molar-refractivity contribution in [2.75, 3.05) is 0 Å². The van der Waals surface area contributed by atoms with Crippen molar-refractivity contribution in [3.8, 4) is 44.5 Å². The van der Waals surface area contributed by atoms with Crippen molar-refractivity contribution < 1.29 is 10.9 Å². The van der Waals surface area contributed by atoms with Crippen LogP contribution < -0.4 is 0 Å². The number of hydrogen-bond acceptors (Lipinski definition) is 4. The first-order chi connectivity index (χ1) is 38.0. The zero-order valence-electron chi connectivity index (χ0n) is 42.6. The van der Waals surface area contributed by atoms with Gasteiger partial charge in [0.15, 0.2) is 11.6 Å². The van der Waals surface area contributed by atoms with Gasteiger partial charge in [-0.25, -0.2) is 20.0 Å². The molecule has 0 N–H and O–H groups in total. The third kappa shape index (κ3) is 12.5. The monoisotopic (exact) mass is 1170 g/mol. The Hall–Kier alpha value is -8.07. The van der Waals surface area contributed by atoms with Crippen LogP contribution in [0.5, 0.6) is 0 Å². The molecule has 0 atom stereocenters. The van der Waals surface area contributed by atoms with Crippen LogP contribution in [0.1, 0.15) is 36.6 Å². The molecule has 12 rings (SSSR count). The summed E-state index contributed by atoms with van der Waals surface area (Å²) in [6.45, 7) is 5.60. The van der Waals surface area contributed by atoms with E-state index < -0.39 is 0 Å². The first-order valence-corrected chi connectivity index (χ1v) is 30.3. The van der Waals surface area contributed by atoms with E-state index in [9.17, 15) is 0 Å². The van der Waals surface area contributed by atoms with E-state index in [0.717, 1.165) is 114 Å². The van der Waals surface area contributed by atoms with E-state index in [2.05, 4.69) is 282 Å². The molecular weight excluding hydrogens is 1120 g/mol. The normalized spacial score (nSPS) is 11.5. The summed E-state index contributed by atoms with van der Waals surface area (Å²) in [5.74, 6) is 1.76. The van der Waals surface area contributed by atoms with Crippen LogP contribution in [-0.2, 0) is 24.0 Å². The maximum atomic E-state index is 5.31. The molecule has 0 amide bonds. The molecule has 0 radical (unpaired) electrons. The first kappa shape index (κ1) is 52.4. The van der Waals surface area contributed by atoms with Crippen LogP contribution in [0, 0.1) is 0 Å². The average molecular weight is 1170 g/mol. The van der Waals surface area contributed by atoms with Gasteiger partial charge in [0.25, 0.3) is 0 Å². The maximum absolute atomic E-state index is 5.31. The Bertz CT molecular complexity index is 3550. The molecule has 0 saturated heterocycles. The number of hydrogen-bond donors (Lipinski definition) is 0.